The molecule has 0 radical (unpaired) electrons. The third-order valence-corrected chi connectivity index (χ3v) is 4.96. The van der Waals surface area contributed by atoms with Crippen LogP contribution < -0.4 is 5.73 Å². The summed E-state index contributed by atoms with van der Waals surface area (Å²) in [5.41, 5.74) is 6.95. The quantitative estimate of drug-likeness (QED) is 0.611. The lowest BCUT2D eigenvalue weighted by Crippen LogP contribution is -2.14. The van der Waals surface area contributed by atoms with Crippen LogP contribution in [-0.2, 0) is 22.5 Å². The number of nitriles is 1. The van der Waals surface area contributed by atoms with Crippen molar-refractivity contribution in [2.45, 2.75) is 26.9 Å². The number of thiophene rings is 1. The lowest BCUT2D eigenvalue weighted by Gasteiger charge is -2.10. The summed E-state index contributed by atoms with van der Waals surface area (Å²) in [5.74, 6) is -0.910. The van der Waals surface area contributed by atoms with Gasteiger partial charge in [0.25, 0.3) is 5.78 Å². The minimum atomic E-state index is -0.662. The van der Waals surface area contributed by atoms with Gasteiger partial charge in [0.1, 0.15) is 28.9 Å². The van der Waals surface area contributed by atoms with Gasteiger partial charge < -0.3 is 15.2 Å². The van der Waals surface area contributed by atoms with E-state index in [1.807, 2.05) is 13.0 Å². The normalized spacial score (nSPS) is 10.6. The Labute approximate surface area is 163 Å². The third kappa shape index (κ3) is 3.37. The van der Waals surface area contributed by atoms with E-state index in [1.165, 1.54) is 17.0 Å². The fourth-order valence-corrected chi connectivity index (χ4v) is 3.57. The van der Waals surface area contributed by atoms with E-state index >= 15 is 0 Å². The molecule has 144 valence electrons. The number of nitrogen functional groups attached to an aromatic ring is 1. The van der Waals surface area contributed by atoms with Crippen LogP contribution in [0.15, 0.2) is 12.5 Å². The van der Waals surface area contributed by atoms with E-state index in [1.54, 1.807) is 6.92 Å². The first-order chi connectivity index (χ1) is 13.5. The highest BCUT2D eigenvalue weighted by atomic mass is 32.1. The number of nitrogens with zero attached hydrogens (tertiary/aromatic N) is 5. The van der Waals surface area contributed by atoms with Crippen LogP contribution in [0.2, 0.25) is 0 Å². The molecule has 0 amide bonds. The second-order valence-electron chi connectivity index (χ2n) is 5.50. The Morgan fingerprint density at radius 1 is 1.29 bits per heavy atom. The number of anilines is 1. The van der Waals surface area contributed by atoms with Gasteiger partial charge in [0.15, 0.2) is 0 Å². The number of hydrogen-bond acceptors (Lipinski definition) is 10. The van der Waals surface area contributed by atoms with E-state index in [9.17, 15) is 14.9 Å². The molecule has 0 aromatic carbocycles. The lowest BCUT2D eigenvalue weighted by atomic mass is 10.1. The smallest absolute Gasteiger partial charge is 0.348 e. The summed E-state index contributed by atoms with van der Waals surface area (Å²) in [4.78, 5) is 33.0. The summed E-state index contributed by atoms with van der Waals surface area (Å²) >= 11 is 0.926. The number of aromatic nitrogens is 4. The first kappa shape index (κ1) is 19.2. The standard InChI is InChI=1S/C17H16N6O4S/c1-3-12-10(6-20-17-21-8-22-23(12)17)15(24)27-7-11-9(5-18)14(19)28-13(11)16(25)26-4-2/h6,8H,3-4,7,19H2,1-2H3. The van der Waals surface area contributed by atoms with Crippen LogP contribution in [0.3, 0.4) is 0 Å². The van der Waals surface area contributed by atoms with Gasteiger partial charge in [0.05, 0.1) is 23.4 Å². The Morgan fingerprint density at radius 2 is 2.07 bits per heavy atom. The Hall–Kier alpha value is -3.52. The molecule has 0 saturated heterocycles. The Balaban J connectivity index is 1.89. The molecule has 0 saturated carbocycles. The predicted molar refractivity (Wildman–Crippen MR) is 98.7 cm³/mol. The number of fused-ring (bicyclic) bond motifs is 1. The summed E-state index contributed by atoms with van der Waals surface area (Å²) in [7, 11) is 0. The van der Waals surface area contributed by atoms with Crippen LogP contribution in [0.4, 0.5) is 5.00 Å². The molecule has 3 heterocycles. The van der Waals surface area contributed by atoms with Crippen molar-refractivity contribution in [3.63, 3.8) is 0 Å². The van der Waals surface area contributed by atoms with Crippen molar-refractivity contribution in [2.24, 2.45) is 0 Å². The van der Waals surface area contributed by atoms with Crippen molar-refractivity contribution in [2.75, 3.05) is 12.3 Å². The number of aryl methyl sites for hydroxylation is 1. The van der Waals surface area contributed by atoms with Gasteiger partial charge in [-0.25, -0.2) is 19.1 Å². The number of hydrogen-bond donors (Lipinski definition) is 1. The van der Waals surface area contributed by atoms with E-state index in [0.717, 1.165) is 11.3 Å². The molecule has 3 rings (SSSR count). The number of carbonyl (C=O) groups is 2. The van der Waals surface area contributed by atoms with E-state index < -0.39 is 11.9 Å². The number of rotatable bonds is 6. The Morgan fingerprint density at radius 3 is 2.75 bits per heavy atom. The molecule has 0 aliphatic heterocycles. The Bertz CT molecular complexity index is 1100. The van der Waals surface area contributed by atoms with Gasteiger partial charge >= 0.3 is 11.9 Å². The van der Waals surface area contributed by atoms with Crippen molar-refractivity contribution in [1.29, 1.82) is 5.26 Å². The van der Waals surface area contributed by atoms with Gasteiger partial charge in [0, 0.05) is 11.8 Å². The lowest BCUT2D eigenvalue weighted by molar-refractivity contribution is 0.0450. The molecule has 0 atom stereocenters. The van der Waals surface area contributed by atoms with Gasteiger partial charge in [-0.05, 0) is 13.3 Å². The molecular formula is C17H16N6O4S. The maximum atomic E-state index is 12.6. The van der Waals surface area contributed by atoms with Gasteiger partial charge in [0.2, 0.25) is 0 Å². The molecule has 2 N–H and O–H groups in total. The minimum Gasteiger partial charge on any atom is -0.462 e. The molecule has 0 bridgehead atoms. The molecule has 0 aliphatic rings. The highest BCUT2D eigenvalue weighted by Gasteiger charge is 2.25. The molecule has 28 heavy (non-hydrogen) atoms. The molecule has 0 spiro atoms. The van der Waals surface area contributed by atoms with Crippen LogP contribution >= 0.6 is 11.3 Å². The molecule has 3 aromatic rings. The topological polar surface area (TPSA) is 145 Å². The van der Waals surface area contributed by atoms with Crippen LogP contribution in [0.25, 0.3) is 5.78 Å². The molecule has 3 aromatic heterocycles. The van der Waals surface area contributed by atoms with Gasteiger partial charge in [-0.15, -0.1) is 11.3 Å². The van der Waals surface area contributed by atoms with Crippen molar-refractivity contribution >= 4 is 34.1 Å². The second kappa shape index (κ2) is 8.01. The van der Waals surface area contributed by atoms with Crippen LogP contribution in [0, 0.1) is 11.3 Å². The number of nitrogens with two attached hydrogens (primary N) is 1. The monoisotopic (exact) mass is 400 g/mol. The largest absolute Gasteiger partial charge is 0.462 e. The zero-order valence-corrected chi connectivity index (χ0v) is 15.9. The minimum absolute atomic E-state index is 0.0985. The number of esters is 2. The summed E-state index contributed by atoms with van der Waals surface area (Å²) in [5, 5.41) is 13.6. The van der Waals surface area contributed by atoms with Crippen molar-refractivity contribution in [3.8, 4) is 6.07 Å². The van der Waals surface area contributed by atoms with E-state index in [4.69, 9.17) is 15.2 Å². The highest BCUT2D eigenvalue weighted by Crippen LogP contribution is 2.32. The van der Waals surface area contributed by atoms with E-state index in [2.05, 4.69) is 15.1 Å². The predicted octanol–water partition coefficient (Wildman–Crippen LogP) is 1.74. The first-order valence-corrected chi connectivity index (χ1v) is 9.16. The number of carbonyl (C=O) groups excluding carboxylic acids is 2. The molecule has 0 fully saturated rings. The summed E-state index contributed by atoms with van der Waals surface area (Å²) in [6.45, 7) is 3.39. The number of ether oxygens (including phenoxy) is 2. The average Bonchev–Trinajstić information content (AvgIpc) is 3.29. The SMILES string of the molecule is CCOC(=O)c1sc(N)c(C#N)c1COC(=O)c1cnc2ncnn2c1CC. The second-order valence-corrected chi connectivity index (χ2v) is 6.55. The summed E-state index contributed by atoms with van der Waals surface area (Å²) in [6, 6.07) is 1.94. The van der Waals surface area contributed by atoms with Crippen LogP contribution in [-0.4, -0.2) is 38.1 Å². The van der Waals surface area contributed by atoms with Crippen LogP contribution in [0.5, 0.6) is 0 Å². The fraction of sp³-hybridized carbons (Fsp3) is 0.294. The summed E-state index contributed by atoms with van der Waals surface area (Å²) in [6.07, 6.45) is 3.20. The van der Waals surface area contributed by atoms with E-state index in [0.29, 0.717) is 17.9 Å². The van der Waals surface area contributed by atoms with Gasteiger partial charge in [-0.1, -0.05) is 6.92 Å². The molecular weight excluding hydrogens is 384 g/mol. The van der Waals surface area contributed by atoms with Crippen molar-refractivity contribution < 1.29 is 19.1 Å². The third-order valence-electron chi connectivity index (χ3n) is 3.91. The molecule has 11 heteroatoms. The maximum Gasteiger partial charge on any atom is 0.348 e. The zero-order chi connectivity index (χ0) is 20.3. The first-order valence-electron chi connectivity index (χ1n) is 8.34. The summed E-state index contributed by atoms with van der Waals surface area (Å²) < 4.78 is 11.8. The Kier molecular flexibility index (Phi) is 5.51. The molecule has 10 nitrogen and oxygen atoms in total. The van der Waals surface area contributed by atoms with Gasteiger partial charge in [-0.2, -0.15) is 15.3 Å². The average molecular weight is 400 g/mol. The van der Waals surface area contributed by atoms with E-state index in [-0.39, 0.29) is 39.8 Å². The zero-order valence-electron chi connectivity index (χ0n) is 15.1. The maximum absolute atomic E-state index is 12.6. The molecule has 0 aliphatic carbocycles. The highest BCUT2D eigenvalue weighted by molar-refractivity contribution is 7.18. The van der Waals surface area contributed by atoms with Crippen LogP contribution in [0.1, 0.15) is 50.7 Å². The van der Waals surface area contributed by atoms with Crippen molar-refractivity contribution in [3.05, 3.63) is 39.8 Å². The van der Waals surface area contributed by atoms with Crippen molar-refractivity contribution in [1.82, 2.24) is 19.6 Å². The van der Waals surface area contributed by atoms with Gasteiger partial charge in [-0.3, -0.25) is 0 Å². The molecule has 0 unspecified atom stereocenters. The fourth-order valence-electron chi connectivity index (χ4n) is 2.66.